The fraction of sp³-hybridized carbons (Fsp3) is 0.733. The van der Waals surface area contributed by atoms with E-state index in [0.29, 0.717) is 32.1 Å². The van der Waals surface area contributed by atoms with Crippen LogP contribution in [0.4, 0.5) is 0 Å². The van der Waals surface area contributed by atoms with Crippen LogP contribution in [0.25, 0.3) is 0 Å². The van der Waals surface area contributed by atoms with Gasteiger partial charge in [0.15, 0.2) is 5.66 Å². The maximum atomic E-state index is 12.0. The number of terminal acetylenes is 1. The summed E-state index contributed by atoms with van der Waals surface area (Å²) in [6.07, 6.45) is 9.59. The number of amides is 1. The molecule has 3 rings (SSSR count). The van der Waals surface area contributed by atoms with Crippen molar-refractivity contribution < 1.29 is 14.7 Å². The standard InChI is InChI=1S/C15H19N3O3/c1-2-3-5-15(17-18-15)6-4-12(19)16-11-7-10-8-14(10,9-11)13(20)21/h1,10-11H,3-9H2,(H,16,19)(H,20,21)/t10-,11+,14+/m1/s1. The fourth-order valence-corrected chi connectivity index (χ4v) is 3.55. The van der Waals surface area contributed by atoms with Crippen LogP contribution in [0.3, 0.4) is 0 Å². The molecule has 0 aromatic heterocycles. The highest BCUT2D eigenvalue weighted by atomic mass is 16.4. The number of hydrogen-bond acceptors (Lipinski definition) is 4. The lowest BCUT2D eigenvalue weighted by Gasteiger charge is -2.16. The van der Waals surface area contributed by atoms with Crippen molar-refractivity contribution in [2.24, 2.45) is 21.6 Å². The van der Waals surface area contributed by atoms with Crippen molar-refractivity contribution in [3.8, 4) is 12.3 Å². The predicted octanol–water partition coefficient (Wildman–Crippen LogP) is 1.71. The predicted molar refractivity (Wildman–Crippen MR) is 74.2 cm³/mol. The van der Waals surface area contributed by atoms with Gasteiger partial charge < -0.3 is 10.4 Å². The van der Waals surface area contributed by atoms with Crippen molar-refractivity contribution in [1.29, 1.82) is 0 Å². The molecule has 2 saturated carbocycles. The molecule has 1 aliphatic heterocycles. The lowest BCUT2D eigenvalue weighted by molar-refractivity contribution is -0.143. The number of carboxylic acid groups (broad SMARTS) is 1. The third-order valence-electron chi connectivity index (χ3n) is 5.01. The van der Waals surface area contributed by atoms with Crippen LogP contribution in [-0.2, 0) is 9.59 Å². The van der Waals surface area contributed by atoms with Crippen molar-refractivity contribution >= 4 is 11.9 Å². The van der Waals surface area contributed by atoms with Crippen molar-refractivity contribution in [2.45, 2.75) is 56.7 Å². The van der Waals surface area contributed by atoms with Gasteiger partial charge in [0.1, 0.15) is 0 Å². The first-order valence-electron chi connectivity index (χ1n) is 7.40. The molecule has 3 atom stereocenters. The van der Waals surface area contributed by atoms with Gasteiger partial charge in [0.05, 0.1) is 5.41 Å². The number of nitrogens with zero attached hydrogens (tertiary/aromatic N) is 2. The Balaban J connectivity index is 1.40. The van der Waals surface area contributed by atoms with E-state index in [1.165, 1.54) is 0 Å². The van der Waals surface area contributed by atoms with E-state index < -0.39 is 17.0 Å². The van der Waals surface area contributed by atoms with E-state index in [0.717, 1.165) is 12.8 Å². The van der Waals surface area contributed by atoms with Crippen LogP contribution in [0.1, 0.15) is 44.9 Å². The summed E-state index contributed by atoms with van der Waals surface area (Å²) in [7, 11) is 0. The normalized spacial score (nSPS) is 33.9. The summed E-state index contributed by atoms with van der Waals surface area (Å²) >= 11 is 0. The number of nitrogens with one attached hydrogen (secondary N) is 1. The molecule has 1 amide bonds. The van der Waals surface area contributed by atoms with E-state index >= 15 is 0 Å². The van der Waals surface area contributed by atoms with Crippen LogP contribution in [0, 0.1) is 23.7 Å². The number of fused-ring (bicyclic) bond motifs is 1. The first-order valence-corrected chi connectivity index (χ1v) is 7.40. The number of carboxylic acids is 1. The molecule has 2 N–H and O–H groups in total. The molecule has 0 saturated heterocycles. The largest absolute Gasteiger partial charge is 0.481 e. The molecule has 21 heavy (non-hydrogen) atoms. The van der Waals surface area contributed by atoms with Gasteiger partial charge in [0.2, 0.25) is 5.91 Å². The molecule has 2 fully saturated rings. The van der Waals surface area contributed by atoms with Gasteiger partial charge in [-0.05, 0) is 25.2 Å². The Labute approximate surface area is 123 Å². The highest BCUT2D eigenvalue weighted by Gasteiger charge is 2.65. The van der Waals surface area contributed by atoms with Gasteiger partial charge in [-0.2, -0.15) is 10.2 Å². The second-order valence-electron chi connectivity index (χ2n) is 6.45. The minimum atomic E-state index is -0.715. The Bertz CT molecular complexity index is 545. The van der Waals surface area contributed by atoms with Crippen LogP contribution < -0.4 is 5.32 Å². The molecule has 0 aromatic carbocycles. The average molecular weight is 289 g/mol. The third kappa shape index (κ3) is 2.65. The SMILES string of the molecule is C#CCCC1(CCC(=O)N[C@H]2C[C@@H]3C[C@]3(C(=O)O)C2)N=N1. The van der Waals surface area contributed by atoms with E-state index in [-0.39, 0.29) is 17.9 Å². The average Bonchev–Trinajstić information content (AvgIpc) is 3.33. The molecule has 0 aromatic rings. The summed E-state index contributed by atoms with van der Waals surface area (Å²) in [5, 5.41) is 20.2. The maximum Gasteiger partial charge on any atom is 0.310 e. The molecule has 0 bridgehead atoms. The van der Waals surface area contributed by atoms with Gasteiger partial charge in [0, 0.05) is 31.7 Å². The molecule has 0 spiro atoms. The maximum absolute atomic E-state index is 12.0. The Morgan fingerprint density at radius 3 is 2.67 bits per heavy atom. The molecule has 6 nitrogen and oxygen atoms in total. The molecular weight excluding hydrogens is 270 g/mol. The molecular formula is C15H19N3O3. The van der Waals surface area contributed by atoms with Gasteiger partial charge in [-0.3, -0.25) is 9.59 Å². The summed E-state index contributed by atoms with van der Waals surface area (Å²) in [6, 6.07) is 0.00193. The van der Waals surface area contributed by atoms with E-state index in [1.54, 1.807) is 0 Å². The van der Waals surface area contributed by atoms with E-state index in [2.05, 4.69) is 21.5 Å². The number of carbonyl (C=O) groups is 2. The van der Waals surface area contributed by atoms with Crippen molar-refractivity contribution in [2.75, 3.05) is 0 Å². The van der Waals surface area contributed by atoms with E-state index in [9.17, 15) is 14.7 Å². The number of rotatable bonds is 7. The van der Waals surface area contributed by atoms with Crippen LogP contribution in [-0.4, -0.2) is 28.7 Å². The second kappa shape index (κ2) is 4.83. The first-order chi connectivity index (χ1) is 10.00. The molecule has 3 aliphatic rings. The molecule has 0 unspecified atom stereocenters. The summed E-state index contributed by atoms with van der Waals surface area (Å²) < 4.78 is 0. The Morgan fingerprint density at radius 1 is 1.33 bits per heavy atom. The fourth-order valence-electron chi connectivity index (χ4n) is 3.55. The molecule has 0 radical (unpaired) electrons. The Morgan fingerprint density at radius 2 is 2.10 bits per heavy atom. The van der Waals surface area contributed by atoms with Crippen molar-refractivity contribution in [3.63, 3.8) is 0 Å². The number of hydrogen-bond donors (Lipinski definition) is 2. The zero-order chi connectivity index (χ0) is 15.1. The van der Waals surface area contributed by atoms with Crippen LogP contribution in [0.2, 0.25) is 0 Å². The van der Waals surface area contributed by atoms with Crippen LogP contribution in [0.15, 0.2) is 10.2 Å². The summed E-state index contributed by atoms with van der Waals surface area (Å²) in [5.74, 6) is 2.05. The molecule has 2 aliphatic carbocycles. The monoisotopic (exact) mass is 289 g/mol. The zero-order valence-corrected chi connectivity index (χ0v) is 11.8. The molecule has 112 valence electrons. The molecule has 6 heteroatoms. The van der Waals surface area contributed by atoms with E-state index in [1.807, 2.05) is 0 Å². The molecule has 1 heterocycles. The lowest BCUT2D eigenvalue weighted by atomic mass is 10.0. The Hall–Kier alpha value is -1.90. The highest BCUT2D eigenvalue weighted by molar-refractivity contribution is 5.80. The van der Waals surface area contributed by atoms with Crippen LogP contribution >= 0.6 is 0 Å². The van der Waals surface area contributed by atoms with E-state index in [4.69, 9.17) is 6.42 Å². The minimum Gasteiger partial charge on any atom is -0.481 e. The number of aliphatic carboxylic acids is 1. The minimum absolute atomic E-state index is 0.00193. The topological polar surface area (TPSA) is 91.1 Å². The third-order valence-corrected chi connectivity index (χ3v) is 5.01. The quantitative estimate of drug-likeness (QED) is 0.699. The Kier molecular flexibility index (Phi) is 3.23. The van der Waals surface area contributed by atoms with Crippen molar-refractivity contribution in [3.05, 3.63) is 0 Å². The van der Waals surface area contributed by atoms with Gasteiger partial charge in [0.25, 0.3) is 0 Å². The van der Waals surface area contributed by atoms with Crippen LogP contribution in [0.5, 0.6) is 0 Å². The van der Waals surface area contributed by atoms with Gasteiger partial charge in [-0.15, -0.1) is 12.3 Å². The zero-order valence-electron chi connectivity index (χ0n) is 11.8. The summed E-state index contributed by atoms with van der Waals surface area (Å²) in [5.41, 5.74) is -0.975. The summed E-state index contributed by atoms with van der Waals surface area (Å²) in [4.78, 5) is 23.2. The lowest BCUT2D eigenvalue weighted by Crippen LogP contribution is -2.35. The first kappa shape index (κ1) is 14.1. The number of carbonyl (C=O) groups excluding carboxylic acids is 1. The van der Waals surface area contributed by atoms with Gasteiger partial charge in [-0.1, -0.05) is 0 Å². The second-order valence-corrected chi connectivity index (χ2v) is 6.45. The van der Waals surface area contributed by atoms with Gasteiger partial charge in [-0.25, -0.2) is 0 Å². The summed E-state index contributed by atoms with van der Waals surface area (Å²) in [6.45, 7) is 0. The smallest absolute Gasteiger partial charge is 0.310 e. The van der Waals surface area contributed by atoms with Gasteiger partial charge >= 0.3 is 5.97 Å². The van der Waals surface area contributed by atoms with Crippen molar-refractivity contribution in [1.82, 2.24) is 5.32 Å². The highest BCUT2D eigenvalue weighted by Crippen LogP contribution is 2.63.